The Hall–Kier alpha value is -3.13. The summed E-state index contributed by atoms with van der Waals surface area (Å²) in [4.78, 5) is 38.3. The summed E-state index contributed by atoms with van der Waals surface area (Å²) in [6.45, 7) is 2.67. The highest BCUT2D eigenvalue weighted by atomic mass is 32.1. The molecule has 1 aromatic carbocycles. The molecule has 1 unspecified atom stereocenters. The quantitative estimate of drug-likeness (QED) is 0.461. The number of fused-ring (bicyclic) bond motifs is 6. The molecular weight excluding hydrogens is 410 g/mol. The van der Waals surface area contributed by atoms with Crippen LogP contribution < -0.4 is 0 Å². The summed E-state index contributed by atoms with van der Waals surface area (Å²) in [5, 5.41) is 5.75. The van der Waals surface area contributed by atoms with Gasteiger partial charge in [-0.25, -0.2) is 14.5 Å². The molecule has 0 saturated carbocycles. The van der Waals surface area contributed by atoms with Gasteiger partial charge >= 0.3 is 0 Å². The van der Waals surface area contributed by atoms with Crippen molar-refractivity contribution in [3.05, 3.63) is 58.0 Å². The number of imide groups is 1. The molecule has 0 N–H and O–H groups in total. The minimum Gasteiger partial charge on any atom is -0.274 e. The van der Waals surface area contributed by atoms with Crippen LogP contribution >= 0.6 is 11.3 Å². The fourth-order valence-corrected chi connectivity index (χ4v) is 6.07. The van der Waals surface area contributed by atoms with Crippen LogP contribution in [0.4, 0.5) is 0 Å². The number of nitrogens with zero attached hydrogens (tertiary/aromatic N) is 5. The number of carbonyl (C=O) groups excluding carboxylic acids is 2. The number of hydrogen-bond donors (Lipinski definition) is 0. The SMILES string of the molecule is CC1CCc2c(sc3ncn4nc(CCCN5C(=O)c6ccccc6C5=O)nc4c23)C1. The number of carbonyl (C=O) groups is 2. The average Bonchev–Trinajstić information content (AvgIpc) is 3.41. The Morgan fingerprint density at radius 3 is 2.71 bits per heavy atom. The standard InChI is InChI=1S/C23H21N5O2S/c1-13-8-9-16-17(11-13)31-21-19(16)20-25-18(26-28(20)12-24-21)7-4-10-27-22(29)14-5-2-3-6-15(14)23(27)30/h2-3,5-6,12-13H,4,7-11H2,1H3. The predicted molar refractivity (Wildman–Crippen MR) is 117 cm³/mol. The molecule has 3 aromatic heterocycles. The summed E-state index contributed by atoms with van der Waals surface area (Å²) in [6, 6.07) is 6.99. The molecule has 2 aliphatic rings. The molecular formula is C23H21N5O2S. The third-order valence-electron chi connectivity index (χ3n) is 6.34. The largest absolute Gasteiger partial charge is 0.274 e. The second-order valence-corrected chi connectivity index (χ2v) is 9.57. The fourth-order valence-electron chi connectivity index (χ4n) is 4.73. The Morgan fingerprint density at radius 2 is 1.94 bits per heavy atom. The number of rotatable bonds is 4. The van der Waals surface area contributed by atoms with E-state index in [1.807, 2.05) is 0 Å². The first-order chi connectivity index (χ1) is 15.1. The molecule has 31 heavy (non-hydrogen) atoms. The summed E-state index contributed by atoms with van der Waals surface area (Å²) >= 11 is 1.78. The smallest absolute Gasteiger partial charge is 0.261 e. The summed E-state index contributed by atoms with van der Waals surface area (Å²) in [6.07, 6.45) is 6.34. The normalized spacial score (nSPS) is 18.2. The highest BCUT2D eigenvalue weighted by Gasteiger charge is 2.34. The number of amides is 2. The zero-order valence-corrected chi connectivity index (χ0v) is 18.0. The van der Waals surface area contributed by atoms with Crippen LogP contribution in [-0.2, 0) is 19.3 Å². The average molecular weight is 432 g/mol. The Balaban J connectivity index is 1.23. The maximum Gasteiger partial charge on any atom is 0.261 e. The minimum atomic E-state index is -0.214. The number of aryl methyl sites for hydroxylation is 2. The first-order valence-electron chi connectivity index (χ1n) is 10.7. The maximum absolute atomic E-state index is 12.5. The first-order valence-corrected chi connectivity index (χ1v) is 11.5. The van der Waals surface area contributed by atoms with E-state index in [0.717, 1.165) is 34.5 Å². The second-order valence-electron chi connectivity index (χ2n) is 8.48. The number of thiophene rings is 1. The minimum absolute atomic E-state index is 0.214. The van der Waals surface area contributed by atoms with E-state index >= 15 is 0 Å². The van der Waals surface area contributed by atoms with E-state index in [2.05, 4.69) is 17.0 Å². The van der Waals surface area contributed by atoms with Crippen LogP contribution in [0.5, 0.6) is 0 Å². The molecule has 156 valence electrons. The van der Waals surface area contributed by atoms with Crippen LogP contribution in [0.1, 0.15) is 56.7 Å². The zero-order valence-electron chi connectivity index (χ0n) is 17.2. The number of benzene rings is 1. The molecule has 4 aromatic rings. The highest BCUT2D eigenvalue weighted by Crippen LogP contribution is 2.38. The highest BCUT2D eigenvalue weighted by molar-refractivity contribution is 7.19. The zero-order chi connectivity index (χ0) is 21.1. The molecule has 8 heteroatoms. The van der Waals surface area contributed by atoms with Crippen LogP contribution in [0, 0.1) is 5.92 Å². The van der Waals surface area contributed by atoms with Crippen molar-refractivity contribution in [2.24, 2.45) is 5.92 Å². The van der Waals surface area contributed by atoms with Gasteiger partial charge in [0.05, 0.1) is 16.5 Å². The third-order valence-corrected chi connectivity index (χ3v) is 7.50. The molecule has 0 saturated heterocycles. The second kappa shape index (κ2) is 6.95. The van der Waals surface area contributed by atoms with E-state index in [-0.39, 0.29) is 11.8 Å². The number of hydrogen-bond acceptors (Lipinski definition) is 6. The van der Waals surface area contributed by atoms with Crippen molar-refractivity contribution in [3.63, 3.8) is 0 Å². The van der Waals surface area contributed by atoms with Crippen LogP contribution in [0.15, 0.2) is 30.6 Å². The van der Waals surface area contributed by atoms with E-state index < -0.39 is 0 Å². The number of aromatic nitrogens is 4. The van der Waals surface area contributed by atoms with Crippen molar-refractivity contribution in [1.29, 1.82) is 0 Å². The van der Waals surface area contributed by atoms with Crippen molar-refractivity contribution >= 4 is 39.0 Å². The molecule has 6 rings (SSSR count). The molecule has 0 radical (unpaired) electrons. The monoisotopic (exact) mass is 431 g/mol. The fraction of sp³-hybridized carbons (Fsp3) is 0.348. The van der Waals surface area contributed by atoms with Crippen LogP contribution in [-0.4, -0.2) is 42.8 Å². The lowest BCUT2D eigenvalue weighted by Gasteiger charge is -2.17. The van der Waals surface area contributed by atoms with Gasteiger partial charge in [-0.15, -0.1) is 16.4 Å². The van der Waals surface area contributed by atoms with Crippen molar-refractivity contribution in [2.75, 3.05) is 6.54 Å². The van der Waals surface area contributed by atoms with Gasteiger partial charge in [-0.05, 0) is 49.3 Å². The summed E-state index contributed by atoms with van der Waals surface area (Å²) < 4.78 is 1.77. The van der Waals surface area contributed by atoms with Crippen molar-refractivity contribution in [3.8, 4) is 0 Å². The lowest BCUT2D eigenvalue weighted by atomic mass is 9.89. The van der Waals surface area contributed by atoms with Gasteiger partial charge in [0.25, 0.3) is 11.8 Å². The van der Waals surface area contributed by atoms with Crippen LogP contribution in [0.3, 0.4) is 0 Å². The van der Waals surface area contributed by atoms with Crippen LogP contribution in [0.25, 0.3) is 15.9 Å². The first kappa shape index (κ1) is 18.6. The Kier molecular flexibility index (Phi) is 4.17. The molecule has 4 heterocycles. The molecule has 1 aliphatic carbocycles. The van der Waals surface area contributed by atoms with Gasteiger partial charge < -0.3 is 0 Å². The molecule has 0 bridgehead atoms. The van der Waals surface area contributed by atoms with Gasteiger partial charge in [0, 0.05) is 17.8 Å². The summed E-state index contributed by atoms with van der Waals surface area (Å²) in [5.74, 6) is 1.00. The van der Waals surface area contributed by atoms with Gasteiger partial charge in [-0.3, -0.25) is 14.5 Å². The van der Waals surface area contributed by atoms with Crippen molar-refractivity contribution in [2.45, 2.75) is 39.0 Å². The van der Waals surface area contributed by atoms with Gasteiger partial charge in [0.1, 0.15) is 11.2 Å². The summed E-state index contributed by atoms with van der Waals surface area (Å²) in [7, 11) is 0. The third kappa shape index (κ3) is 2.89. The lowest BCUT2D eigenvalue weighted by Crippen LogP contribution is -2.31. The van der Waals surface area contributed by atoms with E-state index in [1.165, 1.54) is 21.8 Å². The van der Waals surface area contributed by atoms with Gasteiger partial charge in [0.15, 0.2) is 11.5 Å². The molecule has 0 spiro atoms. The maximum atomic E-state index is 12.5. The van der Waals surface area contributed by atoms with E-state index in [9.17, 15) is 9.59 Å². The van der Waals surface area contributed by atoms with E-state index in [0.29, 0.717) is 36.4 Å². The topological polar surface area (TPSA) is 80.5 Å². The predicted octanol–water partition coefficient (Wildman–Crippen LogP) is 3.69. The van der Waals surface area contributed by atoms with Crippen molar-refractivity contribution in [1.82, 2.24) is 24.5 Å². The molecule has 7 nitrogen and oxygen atoms in total. The van der Waals surface area contributed by atoms with Gasteiger partial charge in [-0.2, -0.15) is 0 Å². The van der Waals surface area contributed by atoms with Gasteiger partial charge in [-0.1, -0.05) is 19.1 Å². The Morgan fingerprint density at radius 1 is 1.16 bits per heavy atom. The molecule has 2 amide bonds. The molecule has 0 fully saturated rings. The van der Waals surface area contributed by atoms with Gasteiger partial charge in [0.2, 0.25) is 0 Å². The van der Waals surface area contributed by atoms with E-state index in [1.54, 1.807) is 46.4 Å². The van der Waals surface area contributed by atoms with E-state index in [4.69, 9.17) is 4.98 Å². The summed E-state index contributed by atoms with van der Waals surface area (Å²) in [5.41, 5.74) is 3.24. The molecule has 1 atom stereocenters. The lowest BCUT2D eigenvalue weighted by molar-refractivity contribution is 0.0652. The Bertz CT molecular complexity index is 1340. The Labute approximate surface area is 182 Å². The van der Waals surface area contributed by atoms with Crippen LogP contribution in [0.2, 0.25) is 0 Å². The molecule has 1 aliphatic heterocycles. The van der Waals surface area contributed by atoms with Crippen molar-refractivity contribution < 1.29 is 9.59 Å².